The number of anilines is 1. The Hall–Kier alpha value is -1.69. The summed E-state index contributed by atoms with van der Waals surface area (Å²) >= 11 is 0. The minimum atomic E-state index is -0.0960. The molecule has 18 heavy (non-hydrogen) atoms. The average molecular weight is 244 g/mol. The molecule has 0 amide bonds. The van der Waals surface area contributed by atoms with Gasteiger partial charge in [-0.3, -0.25) is 0 Å². The van der Waals surface area contributed by atoms with Crippen molar-refractivity contribution in [2.24, 2.45) is 5.41 Å². The highest BCUT2D eigenvalue weighted by Crippen LogP contribution is 2.45. The van der Waals surface area contributed by atoms with Crippen molar-refractivity contribution in [2.45, 2.75) is 26.7 Å². The van der Waals surface area contributed by atoms with Crippen molar-refractivity contribution >= 4 is 5.69 Å². The summed E-state index contributed by atoms with van der Waals surface area (Å²) in [5.74, 6) is 0.941. The van der Waals surface area contributed by atoms with Crippen LogP contribution in [0.5, 0.6) is 5.75 Å². The Bertz CT molecular complexity index is 472. The van der Waals surface area contributed by atoms with Crippen LogP contribution < -0.4 is 9.64 Å². The van der Waals surface area contributed by atoms with E-state index in [9.17, 15) is 0 Å². The van der Waals surface area contributed by atoms with Crippen molar-refractivity contribution in [3.8, 4) is 11.8 Å². The topological polar surface area (TPSA) is 36.3 Å². The molecule has 3 heteroatoms. The molecule has 1 aromatic carbocycles. The van der Waals surface area contributed by atoms with Crippen LogP contribution >= 0.6 is 0 Å². The van der Waals surface area contributed by atoms with Crippen LogP contribution in [0.4, 0.5) is 5.69 Å². The minimum Gasteiger partial charge on any atom is -0.494 e. The van der Waals surface area contributed by atoms with Gasteiger partial charge in [-0.1, -0.05) is 0 Å². The molecule has 1 fully saturated rings. The summed E-state index contributed by atoms with van der Waals surface area (Å²) in [6.45, 7) is 5.55. The molecule has 1 saturated carbocycles. The fraction of sp³-hybridized carbons (Fsp3) is 0.533. The van der Waals surface area contributed by atoms with Gasteiger partial charge in [0.1, 0.15) is 5.75 Å². The smallest absolute Gasteiger partial charge is 0.122 e. The number of benzene rings is 1. The average Bonchev–Trinajstić information content (AvgIpc) is 3.12. The lowest BCUT2D eigenvalue weighted by molar-refractivity contribution is 0.338. The standard InChI is InChI=1S/C15H20N2O/c1-4-18-14-6-5-13(9-12(14)2)17(3)11-15(10-16)7-8-15/h5-6,9H,4,7-8,11H2,1-3H3. The van der Waals surface area contributed by atoms with E-state index in [0.29, 0.717) is 6.61 Å². The number of nitriles is 1. The fourth-order valence-corrected chi connectivity index (χ4v) is 2.19. The molecule has 0 atom stereocenters. The van der Waals surface area contributed by atoms with E-state index in [-0.39, 0.29) is 5.41 Å². The van der Waals surface area contributed by atoms with E-state index in [1.54, 1.807) is 0 Å². The lowest BCUT2D eigenvalue weighted by Gasteiger charge is -2.22. The third kappa shape index (κ3) is 2.59. The van der Waals surface area contributed by atoms with Gasteiger partial charge in [-0.15, -0.1) is 0 Å². The molecule has 0 N–H and O–H groups in total. The molecule has 0 aliphatic heterocycles. The van der Waals surface area contributed by atoms with E-state index in [1.165, 1.54) is 0 Å². The Balaban J connectivity index is 2.09. The number of aryl methyl sites for hydroxylation is 1. The van der Waals surface area contributed by atoms with Gasteiger partial charge in [0.15, 0.2) is 0 Å². The molecule has 0 saturated heterocycles. The predicted molar refractivity (Wildman–Crippen MR) is 72.9 cm³/mol. The number of ether oxygens (including phenoxy) is 1. The van der Waals surface area contributed by atoms with Crippen LogP contribution in [0, 0.1) is 23.7 Å². The van der Waals surface area contributed by atoms with E-state index >= 15 is 0 Å². The molecule has 0 aromatic heterocycles. The molecule has 2 rings (SSSR count). The third-order valence-corrected chi connectivity index (χ3v) is 3.53. The molecular formula is C15H20N2O. The molecule has 0 spiro atoms. The molecule has 0 unspecified atom stereocenters. The highest BCUT2D eigenvalue weighted by Gasteiger charge is 2.44. The van der Waals surface area contributed by atoms with Gasteiger partial charge in [-0.25, -0.2) is 0 Å². The Kier molecular flexibility index (Phi) is 3.47. The summed E-state index contributed by atoms with van der Waals surface area (Å²) in [7, 11) is 2.05. The molecule has 0 radical (unpaired) electrons. The second-order valence-corrected chi connectivity index (χ2v) is 5.13. The van der Waals surface area contributed by atoms with Gasteiger partial charge in [0.25, 0.3) is 0 Å². The van der Waals surface area contributed by atoms with Gasteiger partial charge < -0.3 is 9.64 Å². The van der Waals surface area contributed by atoms with Crippen LogP contribution in [0.15, 0.2) is 18.2 Å². The van der Waals surface area contributed by atoms with E-state index in [2.05, 4.69) is 30.0 Å². The summed E-state index contributed by atoms with van der Waals surface area (Å²) in [4.78, 5) is 2.17. The number of nitrogens with zero attached hydrogens (tertiary/aromatic N) is 2. The van der Waals surface area contributed by atoms with Crippen LogP contribution in [0.2, 0.25) is 0 Å². The molecule has 1 aliphatic rings. The maximum absolute atomic E-state index is 9.12. The van der Waals surface area contributed by atoms with Crippen molar-refractivity contribution in [3.63, 3.8) is 0 Å². The zero-order chi connectivity index (χ0) is 13.2. The van der Waals surface area contributed by atoms with Crippen LogP contribution in [-0.2, 0) is 0 Å². The minimum absolute atomic E-state index is 0.0960. The van der Waals surface area contributed by atoms with Crippen LogP contribution in [0.3, 0.4) is 0 Å². The Morgan fingerprint density at radius 1 is 1.44 bits per heavy atom. The van der Waals surface area contributed by atoms with E-state index in [4.69, 9.17) is 10.00 Å². The third-order valence-electron chi connectivity index (χ3n) is 3.53. The first kappa shape index (κ1) is 12.8. The van der Waals surface area contributed by atoms with Gasteiger partial charge in [0.05, 0.1) is 18.1 Å². The van der Waals surface area contributed by atoms with Gasteiger partial charge in [-0.05, 0) is 50.5 Å². The SMILES string of the molecule is CCOc1ccc(N(C)CC2(C#N)CC2)cc1C. The Morgan fingerprint density at radius 3 is 2.67 bits per heavy atom. The van der Waals surface area contributed by atoms with Crippen LogP contribution in [-0.4, -0.2) is 20.2 Å². The molecule has 96 valence electrons. The highest BCUT2D eigenvalue weighted by molar-refractivity contribution is 5.53. The summed E-state index contributed by atoms with van der Waals surface area (Å²) in [5, 5.41) is 9.12. The first-order valence-electron chi connectivity index (χ1n) is 6.46. The first-order valence-corrected chi connectivity index (χ1v) is 6.46. The van der Waals surface area contributed by atoms with Crippen LogP contribution in [0.25, 0.3) is 0 Å². The Morgan fingerprint density at radius 2 is 2.17 bits per heavy atom. The summed E-state index contributed by atoms with van der Waals surface area (Å²) in [5.41, 5.74) is 2.20. The summed E-state index contributed by atoms with van der Waals surface area (Å²) in [6, 6.07) is 8.63. The molecule has 1 aliphatic carbocycles. The maximum atomic E-state index is 9.12. The van der Waals surface area contributed by atoms with E-state index < -0.39 is 0 Å². The summed E-state index contributed by atoms with van der Waals surface area (Å²) < 4.78 is 5.53. The first-order chi connectivity index (χ1) is 8.60. The van der Waals surface area contributed by atoms with Gasteiger partial charge >= 0.3 is 0 Å². The zero-order valence-corrected chi connectivity index (χ0v) is 11.4. The van der Waals surface area contributed by atoms with Crippen molar-refractivity contribution in [2.75, 3.05) is 25.1 Å². The van der Waals surface area contributed by atoms with Crippen molar-refractivity contribution in [1.29, 1.82) is 5.26 Å². The lowest BCUT2D eigenvalue weighted by Crippen LogP contribution is -2.25. The fourth-order valence-electron chi connectivity index (χ4n) is 2.19. The van der Waals surface area contributed by atoms with Crippen molar-refractivity contribution in [3.05, 3.63) is 23.8 Å². The summed E-state index contributed by atoms with van der Waals surface area (Å²) in [6.07, 6.45) is 2.06. The largest absolute Gasteiger partial charge is 0.494 e. The second-order valence-electron chi connectivity index (χ2n) is 5.13. The van der Waals surface area contributed by atoms with E-state index in [0.717, 1.165) is 36.4 Å². The monoisotopic (exact) mass is 244 g/mol. The predicted octanol–water partition coefficient (Wildman–Crippen LogP) is 3.13. The van der Waals surface area contributed by atoms with Gasteiger partial charge in [-0.2, -0.15) is 5.26 Å². The molecule has 3 nitrogen and oxygen atoms in total. The maximum Gasteiger partial charge on any atom is 0.122 e. The highest BCUT2D eigenvalue weighted by atomic mass is 16.5. The molecular weight excluding hydrogens is 224 g/mol. The van der Waals surface area contributed by atoms with Crippen LogP contribution in [0.1, 0.15) is 25.3 Å². The molecule has 1 aromatic rings. The number of rotatable bonds is 5. The quantitative estimate of drug-likeness (QED) is 0.798. The number of hydrogen-bond donors (Lipinski definition) is 0. The second kappa shape index (κ2) is 4.89. The Labute approximate surface area is 109 Å². The van der Waals surface area contributed by atoms with Crippen molar-refractivity contribution < 1.29 is 4.74 Å². The number of hydrogen-bond acceptors (Lipinski definition) is 3. The van der Waals surface area contributed by atoms with Gasteiger partial charge in [0, 0.05) is 19.3 Å². The normalized spacial score (nSPS) is 15.9. The zero-order valence-electron chi connectivity index (χ0n) is 11.4. The van der Waals surface area contributed by atoms with Crippen molar-refractivity contribution in [1.82, 2.24) is 0 Å². The molecule has 0 heterocycles. The lowest BCUT2D eigenvalue weighted by atomic mass is 10.1. The molecule has 0 bridgehead atoms. The van der Waals surface area contributed by atoms with Gasteiger partial charge in [0.2, 0.25) is 0 Å². The van der Waals surface area contributed by atoms with E-state index in [1.807, 2.05) is 20.0 Å².